The first-order chi connectivity index (χ1) is 8.29. The Balaban J connectivity index is 2.04. The summed E-state index contributed by atoms with van der Waals surface area (Å²) in [5.74, 6) is 0.568. The molecule has 0 aliphatic rings. The van der Waals surface area contributed by atoms with Crippen LogP contribution < -0.4 is 5.32 Å². The zero-order valence-corrected chi connectivity index (χ0v) is 9.93. The number of aliphatic hydroxyl groups excluding tert-OH is 1. The number of anilines is 1. The molecule has 0 saturated carbocycles. The zero-order chi connectivity index (χ0) is 12.1. The monoisotopic (exact) mass is 231 g/mol. The lowest BCUT2D eigenvalue weighted by molar-refractivity contribution is 0.176. The van der Waals surface area contributed by atoms with Crippen molar-refractivity contribution in [2.75, 3.05) is 11.9 Å². The molecule has 2 aromatic rings. The van der Waals surface area contributed by atoms with Gasteiger partial charge in [0.1, 0.15) is 0 Å². The second-order valence-electron chi connectivity index (χ2n) is 4.08. The van der Waals surface area contributed by atoms with E-state index >= 15 is 0 Å². The molecule has 0 amide bonds. The van der Waals surface area contributed by atoms with Crippen molar-refractivity contribution in [1.29, 1.82) is 0 Å². The fraction of sp³-hybridized carbons (Fsp3) is 0.385. The van der Waals surface area contributed by atoms with E-state index in [0.29, 0.717) is 12.5 Å². The normalized spacial score (nSPS) is 12.6. The van der Waals surface area contributed by atoms with Gasteiger partial charge in [0, 0.05) is 18.1 Å². The molecule has 2 N–H and O–H groups in total. The maximum absolute atomic E-state index is 9.61. The molecule has 0 fully saturated rings. The maximum atomic E-state index is 9.61. The van der Waals surface area contributed by atoms with E-state index in [-0.39, 0.29) is 6.10 Å². The van der Waals surface area contributed by atoms with Gasteiger partial charge in [0.05, 0.1) is 11.6 Å². The van der Waals surface area contributed by atoms with Crippen molar-refractivity contribution >= 4 is 16.9 Å². The van der Waals surface area contributed by atoms with E-state index in [0.717, 1.165) is 23.7 Å². The van der Waals surface area contributed by atoms with Crippen LogP contribution in [-0.4, -0.2) is 27.7 Å². The number of benzene rings is 1. The van der Waals surface area contributed by atoms with Crippen molar-refractivity contribution < 1.29 is 5.11 Å². The standard InChI is InChI=1S/C13H17N3O/c1-2-5-11(17)9-15-13-14-8-10-6-3-4-7-12(10)16-13/h3-4,6-8,11,17H,2,5,9H2,1H3,(H,14,15,16). The van der Waals surface area contributed by atoms with Crippen LogP contribution in [0, 0.1) is 0 Å². The molecule has 17 heavy (non-hydrogen) atoms. The molecule has 1 atom stereocenters. The molecule has 0 saturated heterocycles. The summed E-state index contributed by atoms with van der Waals surface area (Å²) in [6.45, 7) is 2.54. The third-order valence-corrected chi connectivity index (χ3v) is 2.61. The Labute approximate surface area is 101 Å². The average molecular weight is 231 g/mol. The van der Waals surface area contributed by atoms with Gasteiger partial charge in [-0.05, 0) is 12.5 Å². The highest BCUT2D eigenvalue weighted by Crippen LogP contribution is 2.11. The molecule has 1 heterocycles. The Morgan fingerprint density at radius 2 is 2.18 bits per heavy atom. The van der Waals surface area contributed by atoms with Crippen LogP contribution in [-0.2, 0) is 0 Å². The van der Waals surface area contributed by atoms with E-state index < -0.39 is 0 Å². The van der Waals surface area contributed by atoms with E-state index in [1.165, 1.54) is 0 Å². The lowest BCUT2D eigenvalue weighted by Crippen LogP contribution is -2.20. The fourth-order valence-corrected chi connectivity index (χ4v) is 1.70. The third-order valence-electron chi connectivity index (χ3n) is 2.61. The Kier molecular flexibility index (Phi) is 3.88. The minimum atomic E-state index is -0.338. The number of nitrogens with zero attached hydrogens (tertiary/aromatic N) is 2. The second kappa shape index (κ2) is 5.59. The maximum Gasteiger partial charge on any atom is 0.223 e. The summed E-state index contributed by atoms with van der Waals surface area (Å²) in [7, 11) is 0. The number of hydrogen-bond acceptors (Lipinski definition) is 4. The smallest absolute Gasteiger partial charge is 0.223 e. The van der Waals surface area contributed by atoms with Crippen LogP contribution >= 0.6 is 0 Å². The number of rotatable bonds is 5. The first-order valence-electron chi connectivity index (χ1n) is 5.93. The number of para-hydroxylation sites is 1. The molecule has 0 radical (unpaired) electrons. The molecular formula is C13H17N3O. The molecule has 4 nitrogen and oxygen atoms in total. The number of aliphatic hydroxyl groups is 1. The lowest BCUT2D eigenvalue weighted by Gasteiger charge is -2.10. The van der Waals surface area contributed by atoms with Gasteiger partial charge < -0.3 is 10.4 Å². The largest absolute Gasteiger partial charge is 0.391 e. The van der Waals surface area contributed by atoms with Gasteiger partial charge in [-0.15, -0.1) is 0 Å². The molecule has 1 aromatic heterocycles. The van der Waals surface area contributed by atoms with Crippen molar-refractivity contribution in [3.05, 3.63) is 30.5 Å². The summed E-state index contributed by atoms with van der Waals surface area (Å²) in [4.78, 5) is 8.58. The highest BCUT2D eigenvalue weighted by molar-refractivity contribution is 5.78. The predicted octanol–water partition coefficient (Wildman–Crippen LogP) is 2.20. The van der Waals surface area contributed by atoms with Gasteiger partial charge in [-0.1, -0.05) is 31.5 Å². The Morgan fingerprint density at radius 3 is 3.00 bits per heavy atom. The van der Waals surface area contributed by atoms with Crippen molar-refractivity contribution in [2.45, 2.75) is 25.9 Å². The van der Waals surface area contributed by atoms with Crippen molar-refractivity contribution in [3.63, 3.8) is 0 Å². The molecule has 0 aliphatic carbocycles. The van der Waals surface area contributed by atoms with Gasteiger partial charge in [-0.3, -0.25) is 0 Å². The van der Waals surface area contributed by atoms with Crippen LogP contribution in [0.3, 0.4) is 0 Å². The Morgan fingerprint density at radius 1 is 1.35 bits per heavy atom. The topological polar surface area (TPSA) is 58.0 Å². The third kappa shape index (κ3) is 3.14. The van der Waals surface area contributed by atoms with Gasteiger partial charge in [0.15, 0.2) is 0 Å². The number of aromatic nitrogens is 2. The van der Waals surface area contributed by atoms with E-state index in [2.05, 4.69) is 22.2 Å². The average Bonchev–Trinajstić information content (AvgIpc) is 2.36. The van der Waals surface area contributed by atoms with Crippen LogP contribution in [0.4, 0.5) is 5.95 Å². The van der Waals surface area contributed by atoms with Gasteiger partial charge in [-0.25, -0.2) is 9.97 Å². The summed E-state index contributed by atoms with van der Waals surface area (Å²) in [6, 6.07) is 7.84. The summed E-state index contributed by atoms with van der Waals surface area (Å²) in [6.07, 6.45) is 3.22. The van der Waals surface area contributed by atoms with Crippen LogP contribution in [0.1, 0.15) is 19.8 Å². The van der Waals surface area contributed by atoms with Crippen LogP contribution in [0.5, 0.6) is 0 Å². The lowest BCUT2D eigenvalue weighted by atomic mass is 10.2. The van der Waals surface area contributed by atoms with E-state index in [4.69, 9.17) is 0 Å². The summed E-state index contributed by atoms with van der Waals surface area (Å²) in [5.41, 5.74) is 0.912. The molecule has 90 valence electrons. The van der Waals surface area contributed by atoms with E-state index in [1.807, 2.05) is 24.3 Å². The number of nitrogens with one attached hydrogen (secondary N) is 1. The van der Waals surface area contributed by atoms with Crippen LogP contribution in [0.25, 0.3) is 10.9 Å². The molecule has 4 heteroatoms. The predicted molar refractivity (Wildman–Crippen MR) is 68.9 cm³/mol. The second-order valence-corrected chi connectivity index (χ2v) is 4.08. The minimum absolute atomic E-state index is 0.338. The summed E-state index contributed by atoms with van der Waals surface area (Å²) in [5, 5.41) is 13.7. The van der Waals surface area contributed by atoms with Crippen molar-refractivity contribution in [3.8, 4) is 0 Å². The number of fused-ring (bicyclic) bond motifs is 1. The Bertz CT molecular complexity index is 487. The molecular weight excluding hydrogens is 214 g/mol. The van der Waals surface area contributed by atoms with Gasteiger partial charge in [0.25, 0.3) is 0 Å². The first-order valence-corrected chi connectivity index (χ1v) is 5.93. The summed E-state index contributed by atoms with van der Waals surface area (Å²) < 4.78 is 0. The fourth-order valence-electron chi connectivity index (χ4n) is 1.70. The molecule has 1 unspecified atom stereocenters. The first kappa shape index (κ1) is 11.8. The molecule has 2 rings (SSSR count). The zero-order valence-electron chi connectivity index (χ0n) is 9.93. The molecule has 0 aliphatic heterocycles. The van der Waals surface area contributed by atoms with Gasteiger partial charge in [-0.2, -0.15) is 0 Å². The van der Waals surface area contributed by atoms with Crippen molar-refractivity contribution in [1.82, 2.24) is 9.97 Å². The SMILES string of the molecule is CCCC(O)CNc1ncc2ccccc2n1. The van der Waals surface area contributed by atoms with Gasteiger partial charge >= 0.3 is 0 Å². The van der Waals surface area contributed by atoms with E-state index in [1.54, 1.807) is 6.20 Å². The highest BCUT2D eigenvalue weighted by Gasteiger charge is 2.04. The van der Waals surface area contributed by atoms with Gasteiger partial charge in [0.2, 0.25) is 5.95 Å². The highest BCUT2D eigenvalue weighted by atomic mass is 16.3. The minimum Gasteiger partial charge on any atom is -0.391 e. The summed E-state index contributed by atoms with van der Waals surface area (Å²) >= 11 is 0. The number of hydrogen-bond donors (Lipinski definition) is 2. The molecule has 1 aromatic carbocycles. The van der Waals surface area contributed by atoms with Crippen molar-refractivity contribution in [2.24, 2.45) is 0 Å². The van der Waals surface area contributed by atoms with Crippen LogP contribution in [0.2, 0.25) is 0 Å². The van der Waals surface area contributed by atoms with Crippen LogP contribution in [0.15, 0.2) is 30.5 Å². The quantitative estimate of drug-likeness (QED) is 0.828. The molecule has 0 spiro atoms. The van der Waals surface area contributed by atoms with E-state index in [9.17, 15) is 5.11 Å². The molecule has 0 bridgehead atoms. The Hall–Kier alpha value is -1.68.